The summed E-state index contributed by atoms with van der Waals surface area (Å²) in [5.74, 6) is 0.376. The molecule has 1 aromatic carbocycles. The molecule has 100 valence electrons. The van der Waals surface area contributed by atoms with Crippen LogP contribution in [0, 0.1) is 6.92 Å². The molecule has 1 amide bonds. The van der Waals surface area contributed by atoms with Gasteiger partial charge in [-0.05, 0) is 37.6 Å². The lowest BCUT2D eigenvalue weighted by molar-refractivity contribution is 0.0955. The molecule has 0 aliphatic heterocycles. The van der Waals surface area contributed by atoms with E-state index >= 15 is 0 Å². The summed E-state index contributed by atoms with van der Waals surface area (Å²) in [6.07, 6.45) is 1.63. The van der Waals surface area contributed by atoms with E-state index in [0.29, 0.717) is 17.9 Å². The SMILES string of the molecule is CCNc1ccc(C(=O)NCCS(C)=O)c(C)c1. The van der Waals surface area contributed by atoms with E-state index in [1.54, 1.807) is 6.26 Å². The highest BCUT2D eigenvalue weighted by Crippen LogP contribution is 2.14. The number of rotatable bonds is 6. The maximum atomic E-state index is 11.9. The third kappa shape index (κ3) is 4.49. The third-order valence-electron chi connectivity index (χ3n) is 2.53. The minimum atomic E-state index is -0.875. The monoisotopic (exact) mass is 268 g/mol. The van der Waals surface area contributed by atoms with Crippen LogP contribution >= 0.6 is 0 Å². The maximum absolute atomic E-state index is 11.9. The van der Waals surface area contributed by atoms with E-state index in [4.69, 9.17) is 0 Å². The predicted octanol–water partition coefficient (Wildman–Crippen LogP) is 1.54. The fourth-order valence-corrected chi connectivity index (χ4v) is 2.03. The molecule has 0 saturated heterocycles. The van der Waals surface area contributed by atoms with Crippen molar-refractivity contribution in [2.45, 2.75) is 13.8 Å². The standard InChI is InChI=1S/C13H20N2O2S/c1-4-14-11-5-6-12(10(2)9-11)13(16)15-7-8-18(3)17/h5-6,9,14H,4,7-8H2,1-3H3,(H,15,16). The number of aryl methyl sites for hydroxylation is 1. The van der Waals surface area contributed by atoms with Crippen molar-refractivity contribution < 1.29 is 9.00 Å². The molecule has 0 aromatic heterocycles. The van der Waals surface area contributed by atoms with Gasteiger partial charge in [0.05, 0.1) is 0 Å². The van der Waals surface area contributed by atoms with Crippen LogP contribution in [-0.4, -0.2) is 35.2 Å². The van der Waals surface area contributed by atoms with Gasteiger partial charge in [0.25, 0.3) is 5.91 Å². The van der Waals surface area contributed by atoms with Gasteiger partial charge < -0.3 is 10.6 Å². The Labute approximate surface area is 111 Å². The largest absolute Gasteiger partial charge is 0.385 e. The van der Waals surface area contributed by atoms with Crippen LogP contribution in [0.15, 0.2) is 18.2 Å². The third-order valence-corrected chi connectivity index (χ3v) is 3.31. The zero-order chi connectivity index (χ0) is 13.5. The van der Waals surface area contributed by atoms with E-state index in [1.165, 1.54) is 0 Å². The molecule has 0 saturated carbocycles. The summed E-state index contributed by atoms with van der Waals surface area (Å²) < 4.78 is 10.9. The molecule has 0 heterocycles. The van der Waals surface area contributed by atoms with Gasteiger partial charge in [-0.15, -0.1) is 0 Å². The number of nitrogens with one attached hydrogen (secondary N) is 2. The van der Waals surface area contributed by atoms with Crippen molar-refractivity contribution in [2.24, 2.45) is 0 Å². The summed E-state index contributed by atoms with van der Waals surface area (Å²) in [6, 6.07) is 5.66. The van der Waals surface area contributed by atoms with Gasteiger partial charge in [-0.3, -0.25) is 9.00 Å². The fraction of sp³-hybridized carbons (Fsp3) is 0.462. The van der Waals surface area contributed by atoms with E-state index in [9.17, 15) is 9.00 Å². The van der Waals surface area contributed by atoms with Gasteiger partial charge in [-0.2, -0.15) is 0 Å². The van der Waals surface area contributed by atoms with Crippen LogP contribution < -0.4 is 10.6 Å². The zero-order valence-corrected chi connectivity index (χ0v) is 11.9. The van der Waals surface area contributed by atoms with E-state index in [2.05, 4.69) is 10.6 Å². The van der Waals surface area contributed by atoms with Gasteiger partial charge in [-0.1, -0.05) is 0 Å². The first kappa shape index (κ1) is 14.7. The molecule has 5 heteroatoms. The number of benzene rings is 1. The second-order valence-electron chi connectivity index (χ2n) is 4.09. The van der Waals surface area contributed by atoms with Crippen LogP contribution in [0.3, 0.4) is 0 Å². The van der Waals surface area contributed by atoms with Crippen molar-refractivity contribution in [2.75, 3.05) is 30.4 Å². The lowest BCUT2D eigenvalue weighted by Crippen LogP contribution is -2.28. The Bertz CT molecular complexity index is 447. The number of amides is 1. The minimum Gasteiger partial charge on any atom is -0.385 e. The van der Waals surface area contributed by atoms with Crippen molar-refractivity contribution in [1.82, 2.24) is 5.32 Å². The van der Waals surface area contributed by atoms with E-state index < -0.39 is 10.8 Å². The summed E-state index contributed by atoms with van der Waals surface area (Å²) in [7, 11) is -0.875. The first-order valence-electron chi connectivity index (χ1n) is 5.97. The van der Waals surface area contributed by atoms with Gasteiger partial charge >= 0.3 is 0 Å². The highest BCUT2D eigenvalue weighted by molar-refractivity contribution is 7.84. The number of carbonyl (C=O) groups is 1. The summed E-state index contributed by atoms with van der Waals surface area (Å²) in [4.78, 5) is 11.9. The molecule has 0 bridgehead atoms. The van der Waals surface area contributed by atoms with E-state index in [0.717, 1.165) is 17.8 Å². The number of anilines is 1. The average molecular weight is 268 g/mol. The number of hydrogen-bond acceptors (Lipinski definition) is 3. The number of hydrogen-bond donors (Lipinski definition) is 2. The Morgan fingerprint density at radius 2 is 2.11 bits per heavy atom. The van der Waals surface area contributed by atoms with Gasteiger partial charge in [0, 0.05) is 47.1 Å². The Kier molecular flexibility index (Phi) is 5.85. The molecule has 1 rings (SSSR count). The van der Waals surface area contributed by atoms with Gasteiger partial charge in [0.1, 0.15) is 0 Å². The Morgan fingerprint density at radius 3 is 2.67 bits per heavy atom. The average Bonchev–Trinajstić information content (AvgIpc) is 2.28. The van der Waals surface area contributed by atoms with Gasteiger partial charge in [-0.25, -0.2) is 0 Å². The molecule has 0 aliphatic carbocycles. The first-order valence-corrected chi connectivity index (χ1v) is 7.70. The first-order chi connectivity index (χ1) is 8.54. The zero-order valence-electron chi connectivity index (χ0n) is 11.1. The van der Waals surface area contributed by atoms with Crippen LogP contribution in [-0.2, 0) is 10.8 Å². The molecule has 1 atom stereocenters. The highest BCUT2D eigenvalue weighted by Gasteiger charge is 2.08. The van der Waals surface area contributed by atoms with Crippen LogP contribution in [0.2, 0.25) is 0 Å². The van der Waals surface area contributed by atoms with Crippen molar-refractivity contribution >= 4 is 22.4 Å². The highest BCUT2D eigenvalue weighted by atomic mass is 32.2. The lowest BCUT2D eigenvalue weighted by Gasteiger charge is -2.09. The molecular weight excluding hydrogens is 248 g/mol. The molecular formula is C13H20N2O2S. The molecule has 1 aromatic rings. The molecule has 18 heavy (non-hydrogen) atoms. The van der Waals surface area contributed by atoms with Crippen molar-refractivity contribution in [3.05, 3.63) is 29.3 Å². The van der Waals surface area contributed by atoms with E-state index in [-0.39, 0.29) is 5.91 Å². The quantitative estimate of drug-likeness (QED) is 0.822. The molecule has 2 N–H and O–H groups in total. The summed E-state index contributed by atoms with van der Waals surface area (Å²) >= 11 is 0. The van der Waals surface area contributed by atoms with E-state index in [1.807, 2.05) is 32.0 Å². The van der Waals surface area contributed by atoms with Crippen molar-refractivity contribution in [3.63, 3.8) is 0 Å². The Morgan fingerprint density at radius 1 is 1.39 bits per heavy atom. The molecule has 0 aliphatic rings. The summed E-state index contributed by atoms with van der Waals surface area (Å²) in [5.41, 5.74) is 2.61. The predicted molar refractivity (Wildman–Crippen MR) is 76.6 cm³/mol. The number of carbonyl (C=O) groups excluding carboxylic acids is 1. The topological polar surface area (TPSA) is 58.2 Å². The molecule has 1 unspecified atom stereocenters. The van der Waals surface area contributed by atoms with Crippen LogP contribution in [0.25, 0.3) is 0 Å². The smallest absolute Gasteiger partial charge is 0.251 e. The second-order valence-corrected chi connectivity index (χ2v) is 5.65. The minimum absolute atomic E-state index is 0.110. The Hall–Kier alpha value is -1.36. The second kappa shape index (κ2) is 7.16. The van der Waals surface area contributed by atoms with Crippen LogP contribution in [0.4, 0.5) is 5.69 Å². The fourth-order valence-electron chi connectivity index (χ4n) is 1.64. The molecule has 0 spiro atoms. The van der Waals surface area contributed by atoms with Gasteiger partial charge in [0.2, 0.25) is 0 Å². The lowest BCUT2D eigenvalue weighted by atomic mass is 10.1. The molecule has 0 fully saturated rings. The normalized spacial score (nSPS) is 11.9. The maximum Gasteiger partial charge on any atom is 0.251 e. The van der Waals surface area contributed by atoms with Crippen LogP contribution in [0.1, 0.15) is 22.8 Å². The molecule has 4 nitrogen and oxygen atoms in total. The van der Waals surface area contributed by atoms with Gasteiger partial charge in [0.15, 0.2) is 0 Å². The summed E-state index contributed by atoms with van der Waals surface area (Å²) in [5, 5.41) is 5.97. The van der Waals surface area contributed by atoms with Crippen molar-refractivity contribution in [1.29, 1.82) is 0 Å². The Balaban J connectivity index is 2.65. The molecule has 0 radical (unpaired) electrons. The van der Waals surface area contributed by atoms with Crippen LogP contribution in [0.5, 0.6) is 0 Å². The van der Waals surface area contributed by atoms with Crippen molar-refractivity contribution in [3.8, 4) is 0 Å². The summed E-state index contributed by atoms with van der Waals surface area (Å²) in [6.45, 7) is 5.23.